The van der Waals surface area contributed by atoms with Crippen LogP contribution in [0.25, 0.3) is 11.1 Å². The molecule has 0 heterocycles. The third-order valence-corrected chi connectivity index (χ3v) is 4.21. The normalized spacial score (nSPS) is 14.1. The van der Waals surface area contributed by atoms with Crippen LogP contribution in [0, 0.1) is 0 Å². The maximum atomic E-state index is 11.2. The number of carboxylic acid groups (broad SMARTS) is 2. The van der Waals surface area contributed by atoms with Gasteiger partial charge in [0.1, 0.15) is 6.04 Å². The Morgan fingerprint density at radius 1 is 0.957 bits per heavy atom. The van der Waals surface area contributed by atoms with Crippen molar-refractivity contribution >= 4 is 11.9 Å². The minimum Gasteiger partial charge on any atom is -0.481 e. The lowest BCUT2D eigenvalue weighted by atomic mass is 9.96. The Balaban J connectivity index is 1.85. The van der Waals surface area contributed by atoms with Crippen LogP contribution in [0.4, 0.5) is 0 Å². The largest absolute Gasteiger partial charge is 0.481 e. The van der Waals surface area contributed by atoms with Gasteiger partial charge in [0.2, 0.25) is 0 Å². The van der Waals surface area contributed by atoms with E-state index in [0.29, 0.717) is 6.54 Å². The Hall–Kier alpha value is -2.66. The minimum atomic E-state index is -1.15. The van der Waals surface area contributed by atoms with Crippen LogP contribution >= 0.6 is 0 Å². The Morgan fingerprint density at radius 2 is 1.48 bits per heavy atom. The quantitative estimate of drug-likeness (QED) is 0.762. The van der Waals surface area contributed by atoms with Crippen molar-refractivity contribution in [1.29, 1.82) is 0 Å². The number of benzene rings is 2. The van der Waals surface area contributed by atoms with Gasteiger partial charge in [-0.25, -0.2) is 0 Å². The summed E-state index contributed by atoms with van der Waals surface area (Å²) in [7, 11) is 0. The zero-order chi connectivity index (χ0) is 16.4. The minimum absolute atomic E-state index is 0.0260. The molecule has 0 spiro atoms. The van der Waals surface area contributed by atoms with Crippen LogP contribution in [0.2, 0.25) is 0 Å². The maximum absolute atomic E-state index is 11.2. The highest BCUT2D eigenvalue weighted by Gasteiger charge is 2.29. The van der Waals surface area contributed by atoms with Crippen LogP contribution in [-0.2, 0) is 9.59 Å². The fourth-order valence-electron chi connectivity index (χ4n) is 3.16. The van der Waals surface area contributed by atoms with Crippen LogP contribution in [0.5, 0.6) is 0 Å². The smallest absolute Gasteiger partial charge is 0.321 e. The zero-order valence-electron chi connectivity index (χ0n) is 12.4. The van der Waals surface area contributed by atoms with Gasteiger partial charge in [0.25, 0.3) is 0 Å². The number of carbonyl (C=O) groups is 2. The van der Waals surface area contributed by atoms with E-state index < -0.39 is 24.4 Å². The maximum Gasteiger partial charge on any atom is 0.321 e. The number of aliphatic carboxylic acids is 2. The number of carboxylic acids is 2. The molecule has 0 fully saturated rings. The van der Waals surface area contributed by atoms with Crippen molar-refractivity contribution in [2.24, 2.45) is 0 Å². The summed E-state index contributed by atoms with van der Waals surface area (Å²) in [5, 5.41) is 20.9. The number of hydrogen-bond donors (Lipinski definition) is 3. The topological polar surface area (TPSA) is 86.6 Å². The summed E-state index contributed by atoms with van der Waals surface area (Å²) in [6.45, 7) is 0.387. The van der Waals surface area contributed by atoms with Gasteiger partial charge in [-0.1, -0.05) is 48.5 Å². The van der Waals surface area contributed by atoms with Crippen LogP contribution in [0.1, 0.15) is 23.5 Å². The van der Waals surface area contributed by atoms with E-state index in [1.807, 2.05) is 36.4 Å². The SMILES string of the molecule is O=C(O)C[C@H](NCC1c2ccccc2-c2ccccc21)C(=O)O. The van der Waals surface area contributed by atoms with E-state index in [2.05, 4.69) is 17.4 Å². The molecule has 0 aliphatic heterocycles. The van der Waals surface area contributed by atoms with Gasteiger partial charge in [-0.15, -0.1) is 0 Å². The highest BCUT2D eigenvalue weighted by Crippen LogP contribution is 2.44. The molecule has 0 saturated heterocycles. The van der Waals surface area contributed by atoms with E-state index in [4.69, 9.17) is 10.2 Å². The van der Waals surface area contributed by atoms with E-state index in [-0.39, 0.29) is 5.92 Å². The molecule has 5 nitrogen and oxygen atoms in total. The summed E-state index contributed by atoms with van der Waals surface area (Å²) in [6.07, 6.45) is -0.439. The highest BCUT2D eigenvalue weighted by molar-refractivity contribution is 5.81. The van der Waals surface area contributed by atoms with Gasteiger partial charge in [-0.2, -0.15) is 0 Å². The molecular formula is C18H17NO4. The predicted octanol–water partition coefficient (Wildman–Crippen LogP) is 2.32. The Labute approximate surface area is 133 Å². The van der Waals surface area contributed by atoms with E-state index in [9.17, 15) is 9.59 Å². The van der Waals surface area contributed by atoms with E-state index >= 15 is 0 Å². The van der Waals surface area contributed by atoms with Crippen molar-refractivity contribution in [3.8, 4) is 11.1 Å². The van der Waals surface area contributed by atoms with Gasteiger partial charge in [0.15, 0.2) is 0 Å². The van der Waals surface area contributed by atoms with Crippen LogP contribution in [-0.4, -0.2) is 34.7 Å². The van der Waals surface area contributed by atoms with Crippen molar-refractivity contribution in [3.05, 3.63) is 59.7 Å². The summed E-state index contributed by atoms with van der Waals surface area (Å²) in [6, 6.07) is 15.0. The van der Waals surface area contributed by atoms with Crippen molar-refractivity contribution in [2.75, 3.05) is 6.54 Å². The summed E-state index contributed by atoms with van der Waals surface area (Å²) >= 11 is 0. The lowest BCUT2D eigenvalue weighted by molar-refractivity contribution is -0.145. The van der Waals surface area contributed by atoms with Crippen molar-refractivity contribution in [2.45, 2.75) is 18.4 Å². The van der Waals surface area contributed by atoms with Crippen LogP contribution in [0.15, 0.2) is 48.5 Å². The van der Waals surface area contributed by atoms with Crippen molar-refractivity contribution in [1.82, 2.24) is 5.32 Å². The molecule has 23 heavy (non-hydrogen) atoms. The van der Waals surface area contributed by atoms with Gasteiger partial charge in [0.05, 0.1) is 6.42 Å². The summed E-state index contributed by atoms with van der Waals surface area (Å²) < 4.78 is 0. The van der Waals surface area contributed by atoms with E-state index in [1.54, 1.807) is 0 Å². The molecule has 2 aromatic rings. The Bertz CT molecular complexity index is 711. The fourth-order valence-corrected chi connectivity index (χ4v) is 3.16. The average Bonchev–Trinajstić information content (AvgIpc) is 2.85. The van der Waals surface area contributed by atoms with Crippen molar-refractivity contribution in [3.63, 3.8) is 0 Å². The number of hydrogen-bond acceptors (Lipinski definition) is 3. The second-order valence-corrected chi connectivity index (χ2v) is 5.62. The fraction of sp³-hybridized carbons (Fsp3) is 0.222. The first-order valence-corrected chi connectivity index (χ1v) is 7.44. The first kappa shape index (κ1) is 15.2. The molecule has 0 bridgehead atoms. The van der Waals surface area contributed by atoms with Gasteiger partial charge in [0, 0.05) is 12.5 Å². The first-order valence-electron chi connectivity index (χ1n) is 7.44. The molecule has 2 aromatic carbocycles. The molecule has 1 aliphatic carbocycles. The molecule has 0 aromatic heterocycles. The second-order valence-electron chi connectivity index (χ2n) is 5.62. The third-order valence-electron chi connectivity index (χ3n) is 4.21. The number of fused-ring (bicyclic) bond motifs is 3. The zero-order valence-corrected chi connectivity index (χ0v) is 12.4. The monoisotopic (exact) mass is 311 g/mol. The number of rotatable bonds is 6. The molecule has 1 atom stereocenters. The molecule has 3 N–H and O–H groups in total. The molecule has 5 heteroatoms. The third kappa shape index (κ3) is 2.96. The molecule has 3 rings (SSSR count). The summed E-state index contributed by atoms with van der Waals surface area (Å²) in [5.74, 6) is -2.25. The Morgan fingerprint density at radius 3 is 1.96 bits per heavy atom. The number of nitrogens with one attached hydrogen (secondary N) is 1. The van der Waals surface area contributed by atoms with Gasteiger partial charge < -0.3 is 15.5 Å². The summed E-state index contributed by atoms with van der Waals surface area (Å²) in [5.41, 5.74) is 4.58. The van der Waals surface area contributed by atoms with Gasteiger partial charge >= 0.3 is 11.9 Å². The van der Waals surface area contributed by atoms with E-state index in [0.717, 1.165) is 22.3 Å². The van der Waals surface area contributed by atoms with Crippen LogP contribution < -0.4 is 5.32 Å². The lowest BCUT2D eigenvalue weighted by Crippen LogP contribution is -2.40. The highest BCUT2D eigenvalue weighted by atomic mass is 16.4. The molecule has 0 unspecified atom stereocenters. The molecular weight excluding hydrogens is 294 g/mol. The van der Waals surface area contributed by atoms with Gasteiger partial charge in [-0.05, 0) is 22.3 Å². The summed E-state index contributed by atoms with van der Waals surface area (Å²) in [4.78, 5) is 22.0. The molecule has 118 valence electrons. The standard InChI is InChI=1S/C18H17NO4/c20-17(21)9-16(18(22)23)19-10-15-13-7-3-1-5-11(13)12-6-2-4-8-14(12)15/h1-8,15-16,19H,9-10H2,(H,20,21)(H,22,23)/t16-/m0/s1. The molecule has 1 aliphatic rings. The molecule has 0 amide bonds. The van der Waals surface area contributed by atoms with Crippen molar-refractivity contribution < 1.29 is 19.8 Å². The van der Waals surface area contributed by atoms with Crippen LogP contribution in [0.3, 0.4) is 0 Å². The van der Waals surface area contributed by atoms with E-state index in [1.165, 1.54) is 0 Å². The lowest BCUT2D eigenvalue weighted by Gasteiger charge is -2.18. The average molecular weight is 311 g/mol. The molecule has 0 saturated carbocycles. The van der Waals surface area contributed by atoms with Gasteiger partial charge in [-0.3, -0.25) is 9.59 Å². The predicted molar refractivity (Wildman–Crippen MR) is 85.4 cm³/mol. The second kappa shape index (κ2) is 6.22. The Kier molecular flexibility index (Phi) is 4.12. The molecule has 0 radical (unpaired) electrons. The first-order chi connectivity index (χ1) is 11.1.